The molecule has 1 aromatic carbocycles. The molecule has 5 nitrogen and oxygen atoms in total. The van der Waals surface area contributed by atoms with E-state index in [-0.39, 0.29) is 6.42 Å². The number of anilines is 1. The number of aryl methyl sites for hydroxylation is 1. The molecule has 20 heavy (non-hydrogen) atoms. The number of aromatic nitrogens is 1. The van der Waals surface area contributed by atoms with Gasteiger partial charge in [0.1, 0.15) is 5.75 Å². The largest absolute Gasteiger partial charge is 0.494 e. The van der Waals surface area contributed by atoms with Crippen LogP contribution in [0.15, 0.2) is 24.3 Å². The Morgan fingerprint density at radius 2 is 2.20 bits per heavy atom. The monoisotopic (exact) mass is 274 g/mol. The van der Waals surface area contributed by atoms with Crippen molar-refractivity contribution >= 4 is 22.6 Å². The van der Waals surface area contributed by atoms with Crippen LogP contribution in [-0.4, -0.2) is 29.2 Å². The lowest BCUT2D eigenvalue weighted by Gasteiger charge is -2.11. The Labute approximate surface area is 117 Å². The second kappa shape index (κ2) is 6.23. The van der Waals surface area contributed by atoms with Crippen molar-refractivity contribution in [2.24, 2.45) is 0 Å². The van der Waals surface area contributed by atoms with Crippen LogP contribution in [0, 0.1) is 6.92 Å². The van der Waals surface area contributed by atoms with Gasteiger partial charge in [0, 0.05) is 23.3 Å². The van der Waals surface area contributed by atoms with Gasteiger partial charge in [-0.15, -0.1) is 0 Å². The zero-order valence-electron chi connectivity index (χ0n) is 11.6. The fourth-order valence-corrected chi connectivity index (χ4v) is 2.04. The van der Waals surface area contributed by atoms with Crippen LogP contribution in [-0.2, 0) is 4.79 Å². The summed E-state index contributed by atoms with van der Waals surface area (Å²) < 4.78 is 5.49. The zero-order chi connectivity index (χ0) is 14.5. The van der Waals surface area contributed by atoms with Gasteiger partial charge in [0.15, 0.2) is 0 Å². The summed E-state index contributed by atoms with van der Waals surface area (Å²) in [6.07, 6.45) is 0.0774. The molecule has 0 fully saturated rings. The minimum Gasteiger partial charge on any atom is -0.494 e. The van der Waals surface area contributed by atoms with Crippen LogP contribution >= 0.6 is 0 Å². The molecule has 1 heterocycles. The maximum atomic E-state index is 10.6. The van der Waals surface area contributed by atoms with E-state index >= 15 is 0 Å². The predicted octanol–water partition coefficient (Wildman–Crippen LogP) is 2.83. The number of hydrogen-bond acceptors (Lipinski definition) is 4. The van der Waals surface area contributed by atoms with Crippen molar-refractivity contribution in [3.63, 3.8) is 0 Å². The fourth-order valence-electron chi connectivity index (χ4n) is 2.04. The first-order valence-electron chi connectivity index (χ1n) is 6.60. The highest BCUT2D eigenvalue weighted by molar-refractivity contribution is 5.92. The van der Waals surface area contributed by atoms with Crippen LogP contribution in [0.25, 0.3) is 10.9 Å². The lowest BCUT2D eigenvalue weighted by molar-refractivity contribution is -0.136. The summed E-state index contributed by atoms with van der Waals surface area (Å²) in [4.78, 5) is 15.1. The van der Waals surface area contributed by atoms with E-state index in [4.69, 9.17) is 9.84 Å². The molecule has 0 spiro atoms. The highest BCUT2D eigenvalue weighted by Crippen LogP contribution is 2.27. The molecule has 0 saturated heterocycles. The molecule has 0 aliphatic carbocycles. The second-order valence-corrected chi connectivity index (χ2v) is 4.49. The molecule has 106 valence electrons. The smallest absolute Gasteiger partial charge is 0.305 e. The first-order valence-corrected chi connectivity index (χ1v) is 6.60. The van der Waals surface area contributed by atoms with Gasteiger partial charge in [-0.2, -0.15) is 0 Å². The Kier molecular flexibility index (Phi) is 4.40. The highest BCUT2D eigenvalue weighted by atomic mass is 16.5. The van der Waals surface area contributed by atoms with Crippen LogP contribution in [0.2, 0.25) is 0 Å². The maximum absolute atomic E-state index is 10.6. The zero-order valence-corrected chi connectivity index (χ0v) is 11.6. The molecule has 0 unspecified atom stereocenters. The number of aliphatic carboxylic acids is 1. The van der Waals surface area contributed by atoms with Crippen molar-refractivity contribution in [1.29, 1.82) is 0 Å². The van der Waals surface area contributed by atoms with Gasteiger partial charge >= 0.3 is 5.97 Å². The highest BCUT2D eigenvalue weighted by Gasteiger charge is 2.06. The van der Waals surface area contributed by atoms with Crippen molar-refractivity contribution in [1.82, 2.24) is 4.98 Å². The molecule has 5 heteroatoms. The van der Waals surface area contributed by atoms with Gasteiger partial charge in [-0.05, 0) is 38.1 Å². The van der Waals surface area contributed by atoms with Gasteiger partial charge in [0.25, 0.3) is 0 Å². The third kappa shape index (κ3) is 3.38. The fraction of sp³-hybridized carbons (Fsp3) is 0.333. The number of pyridine rings is 1. The summed E-state index contributed by atoms with van der Waals surface area (Å²) in [6, 6.07) is 7.64. The van der Waals surface area contributed by atoms with E-state index < -0.39 is 5.97 Å². The topological polar surface area (TPSA) is 71.5 Å². The van der Waals surface area contributed by atoms with Gasteiger partial charge in [-0.25, -0.2) is 0 Å². The van der Waals surface area contributed by atoms with E-state index in [1.165, 1.54) is 0 Å². The minimum atomic E-state index is -0.817. The molecule has 0 atom stereocenters. The third-order valence-corrected chi connectivity index (χ3v) is 2.87. The molecular weight excluding hydrogens is 256 g/mol. The first kappa shape index (κ1) is 14.1. The number of ether oxygens (including phenoxy) is 1. The van der Waals surface area contributed by atoms with Gasteiger partial charge in [-0.3, -0.25) is 9.78 Å². The van der Waals surface area contributed by atoms with E-state index in [1.54, 1.807) is 0 Å². The molecular formula is C15H18N2O3. The molecule has 0 radical (unpaired) electrons. The van der Waals surface area contributed by atoms with Crippen molar-refractivity contribution in [3.05, 3.63) is 30.0 Å². The molecule has 0 aliphatic rings. The molecule has 2 N–H and O–H groups in total. The number of nitrogens with one attached hydrogen (secondary N) is 1. The molecule has 1 aromatic heterocycles. The number of rotatable bonds is 6. The van der Waals surface area contributed by atoms with Crippen molar-refractivity contribution in [2.75, 3.05) is 18.5 Å². The van der Waals surface area contributed by atoms with Gasteiger partial charge in [0.05, 0.1) is 18.5 Å². The summed E-state index contributed by atoms with van der Waals surface area (Å²) in [6.45, 7) is 4.83. The molecule has 0 bridgehead atoms. The number of carboxylic acids is 1. The Bertz CT molecular complexity index is 626. The SMILES string of the molecule is CCOc1ccc2nc(C)cc(NCCC(=O)O)c2c1. The van der Waals surface area contributed by atoms with Gasteiger partial charge in [-0.1, -0.05) is 0 Å². The lowest BCUT2D eigenvalue weighted by atomic mass is 10.1. The second-order valence-electron chi connectivity index (χ2n) is 4.49. The standard InChI is InChI=1S/C15H18N2O3/c1-3-20-11-4-5-13-12(9-11)14(8-10(2)17-13)16-7-6-15(18)19/h4-5,8-9H,3,6-7H2,1-2H3,(H,16,17)(H,18,19). The van der Waals surface area contributed by atoms with E-state index in [0.717, 1.165) is 28.0 Å². The maximum Gasteiger partial charge on any atom is 0.305 e. The number of benzene rings is 1. The van der Waals surface area contributed by atoms with E-state index in [1.807, 2.05) is 38.1 Å². The van der Waals surface area contributed by atoms with Crippen LogP contribution < -0.4 is 10.1 Å². The van der Waals surface area contributed by atoms with E-state index in [0.29, 0.717) is 13.2 Å². The quantitative estimate of drug-likeness (QED) is 0.847. The lowest BCUT2D eigenvalue weighted by Crippen LogP contribution is -2.08. The third-order valence-electron chi connectivity index (χ3n) is 2.87. The number of hydrogen-bond donors (Lipinski definition) is 2. The van der Waals surface area contributed by atoms with Gasteiger partial charge < -0.3 is 15.2 Å². The number of nitrogens with zero attached hydrogens (tertiary/aromatic N) is 1. The van der Waals surface area contributed by atoms with Crippen LogP contribution in [0.4, 0.5) is 5.69 Å². The molecule has 2 rings (SSSR count). The first-order chi connectivity index (χ1) is 9.60. The number of carboxylic acid groups (broad SMARTS) is 1. The van der Waals surface area contributed by atoms with Crippen LogP contribution in [0.5, 0.6) is 5.75 Å². The summed E-state index contributed by atoms with van der Waals surface area (Å²) in [5, 5.41) is 12.8. The van der Waals surface area contributed by atoms with E-state index in [9.17, 15) is 4.79 Å². The number of fused-ring (bicyclic) bond motifs is 1. The molecule has 0 saturated carbocycles. The van der Waals surface area contributed by atoms with Crippen molar-refractivity contribution < 1.29 is 14.6 Å². The average molecular weight is 274 g/mol. The Morgan fingerprint density at radius 1 is 1.40 bits per heavy atom. The molecule has 0 amide bonds. The summed E-state index contributed by atoms with van der Waals surface area (Å²) in [5.74, 6) is -0.0328. The Balaban J connectivity index is 2.34. The van der Waals surface area contributed by atoms with Gasteiger partial charge in [0.2, 0.25) is 0 Å². The summed E-state index contributed by atoms with van der Waals surface area (Å²) >= 11 is 0. The number of carbonyl (C=O) groups is 1. The van der Waals surface area contributed by atoms with Crippen molar-refractivity contribution in [3.8, 4) is 5.75 Å². The summed E-state index contributed by atoms with van der Waals surface area (Å²) in [7, 11) is 0. The normalized spacial score (nSPS) is 10.5. The summed E-state index contributed by atoms with van der Waals surface area (Å²) in [5.41, 5.74) is 2.64. The van der Waals surface area contributed by atoms with Crippen molar-refractivity contribution in [2.45, 2.75) is 20.3 Å². The molecule has 2 aromatic rings. The van der Waals surface area contributed by atoms with Crippen LogP contribution in [0.3, 0.4) is 0 Å². The Morgan fingerprint density at radius 3 is 2.90 bits per heavy atom. The predicted molar refractivity (Wildman–Crippen MR) is 78.4 cm³/mol. The average Bonchev–Trinajstić information content (AvgIpc) is 2.39. The van der Waals surface area contributed by atoms with Crippen LogP contribution in [0.1, 0.15) is 19.0 Å². The minimum absolute atomic E-state index is 0.0774. The van der Waals surface area contributed by atoms with E-state index in [2.05, 4.69) is 10.3 Å². The molecule has 0 aliphatic heterocycles. The Hall–Kier alpha value is -2.30.